The molecule has 4 heteroatoms. The number of thiophene rings is 1. The molecule has 0 fully saturated rings. The second-order valence-electron chi connectivity index (χ2n) is 4.48. The lowest BCUT2D eigenvalue weighted by atomic mass is 9.95. The van der Waals surface area contributed by atoms with Crippen LogP contribution < -0.4 is 0 Å². The van der Waals surface area contributed by atoms with Crippen molar-refractivity contribution in [2.45, 2.75) is 26.9 Å². The third-order valence-corrected chi connectivity index (χ3v) is 4.67. The average Bonchev–Trinajstić information content (AvgIpc) is 2.62. The van der Waals surface area contributed by atoms with E-state index < -0.39 is 6.10 Å². The molecule has 1 aromatic heterocycles. The monoisotopic (exact) mass is 300 g/mol. The minimum atomic E-state index is -0.722. The molecule has 0 aliphatic heterocycles. The van der Waals surface area contributed by atoms with Crippen LogP contribution in [0.5, 0.6) is 0 Å². The summed E-state index contributed by atoms with van der Waals surface area (Å²) in [5, 5.41) is 10.4. The second-order valence-corrected chi connectivity index (χ2v) is 6.76. The average molecular weight is 301 g/mol. The molecule has 0 radical (unpaired) electrons. The molecule has 18 heavy (non-hydrogen) atoms. The van der Waals surface area contributed by atoms with Gasteiger partial charge in [0.15, 0.2) is 0 Å². The maximum atomic E-state index is 10.4. The van der Waals surface area contributed by atoms with Gasteiger partial charge in [0.1, 0.15) is 10.4 Å². The number of aliphatic hydroxyl groups excluding tert-OH is 1. The smallest absolute Gasteiger partial charge is 0.107 e. The Morgan fingerprint density at radius 1 is 0.944 bits per heavy atom. The highest BCUT2D eigenvalue weighted by atomic mass is 35.5. The van der Waals surface area contributed by atoms with E-state index in [1.165, 1.54) is 16.9 Å². The third kappa shape index (κ3) is 2.57. The van der Waals surface area contributed by atoms with Crippen LogP contribution in [-0.2, 0) is 0 Å². The highest BCUT2D eigenvalue weighted by Crippen LogP contribution is 2.38. The highest BCUT2D eigenvalue weighted by molar-refractivity contribution is 7.20. The molecule has 1 aromatic carbocycles. The van der Waals surface area contributed by atoms with Crippen LogP contribution in [0.2, 0.25) is 8.67 Å². The number of hydrogen-bond acceptors (Lipinski definition) is 2. The Morgan fingerprint density at radius 2 is 1.56 bits per heavy atom. The molecule has 0 aliphatic rings. The zero-order valence-electron chi connectivity index (χ0n) is 10.4. The minimum Gasteiger partial charge on any atom is -0.384 e. The van der Waals surface area contributed by atoms with E-state index in [0.717, 1.165) is 16.7 Å². The zero-order chi connectivity index (χ0) is 13.4. The summed E-state index contributed by atoms with van der Waals surface area (Å²) in [5.74, 6) is 0. The van der Waals surface area contributed by atoms with Crippen LogP contribution >= 0.6 is 34.5 Å². The number of benzene rings is 1. The van der Waals surface area contributed by atoms with Crippen molar-refractivity contribution < 1.29 is 5.11 Å². The first-order chi connectivity index (χ1) is 8.40. The second kappa shape index (κ2) is 5.22. The Labute approximate surface area is 121 Å². The fourth-order valence-electron chi connectivity index (χ4n) is 1.98. The molecule has 0 amide bonds. The largest absolute Gasteiger partial charge is 0.384 e. The fourth-order valence-corrected chi connectivity index (χ4v) is 3.50. The van der Waals surface area contributed by atoms with Gasteiger partial charge in [0.25, 0.3) is 0 Å². The Balaban J connectivity index is 2.49. The van der Waals surface area contributed by atoms with Gasteiger partial charge in [0.05, 0.1) is 4.34 Å². The molecule has 1 atom stereocenters. The summed E-state index contributed by atoms with van der Waals surface area (Å²) in [5.41, 5.74) is 5.00. The van der Waals surface area contributed by atoms with Crippen molar-refractivity contribution in [3.05, 3.63) is 54.7 Å². The zero-order valence-corrected chi connectivity index (χ0v) is 12.7. The quantitative estimate of drug-likeness (QED) is 0.822. The molecule has 1 N–H and O–H groups in total. The summed E-state index contributed by atoms with van der Waals surface area (Å²) in [6.45, 7) is 6.09. The van der Waals surface area contributed by atoms with Gasteiger partial charge in [-0.25, -0.2) is 0 Å². The van der Waals surface area contributed by atoms with Crippen molar-refractivity contribution in [1.82, 2.24) is 0 Å². The first-order valence-corrected chi connectivity index (χ1v) is 7.18. The maximum Gasteiger partial charge on any atom is 0.107 e. The first kappa shape index (κ1) is 13.9. The van der Waals surface area contributed by atoms with E-state index in [1.54, 1.807) is 6.07 Å². The third-order valence-electron chi connectivity index (χ3n) is 3.15. The van der Waals surface area contributed by atoms with Gasteiger partial charge < -0.3 is 5.11 Å². The molecule has 2 aromatic rings. The van der Waals surface area contributed by atoms with Crippen molar-refractivity contribution in [2.24, 2.45) is 0 Å². The number of hydrogen-bond donors (Lipinski definition) is 1. The van der Waals surface area contributed by atoms with E-state index in [2.05, 4.69) is 13.0 Å². The highest BCUT2D eigenvalue weighted by Gasteiger charge is 2.19. The van der Waals surface area contributed by atoms with Gasteiger partial charge in [-0.1, -0.05) is 35.3 Å². The summed E-state index contributed by atoms with van der Waals surface area (Å²) in [6.07, 6.45) is -0.722. The van der Waals surface area contributed by atoms with E-state index in [-0.39, 0.29) is 0 Å². The lowest BCUT2D eigenvalue weighted by molar-refractivity contribution is 0.220. The van der Waals surface area contributed by atoms with Crippen LogP contribution in [0, 0.1) is 20.8 Å². The van der Waals surface area contributed by atoms with Gasteiger partial charge in [-0.15, -0.1) is 11.3 Å². The molecule has 0 saturated heterocycles. The molecular formula is C14H14Cl2OS. The predicted octanol–water partition coefficient (Wildman–Crippen LogP) is 5.06. The molecule has 1 heterocycles. The number of aryl methyl sites for hydroxylation is 3. The summed E-state index contributed by atoms with van der Waals surface area (Å²) in [6, 6.07) is 5.82. The van der Waals surface area contributed by atoms with Crippen molar-refractivity contribution in [2.75, 3.05) is 0 Å². The SMILES string of the molecule is Cc1cc(C)c(C(O)c2cc(Cl)sc2Cl)cc1C. The normalized spacial score (nSPS) is 12.8. The lowest BCUT2D eigenvalue weighted by Crippen LogP contribution is -2.02. The molecule has 0 bridgehead atoms. The number of aliphatic hydroxyl groups is 1. The molecule has 1 nitrogen and oxygen atoms in total. The summed E-state index contributed by atoms with van der Waals surface area (Å²) in [4.78, 5) is 0. The predicted molar refractivity (Wildman–Crippen MR) is 79.1 cm³/mol. The fraction of sp³-hybridized carbons (Fsp3) is 0.286. The molecule has 0 saturated carbocycles. The van der Waals surface area contributed by atoms with Crippen molar-refractivity contribution in [3.8, 4) is 0 Å². The summed E-state index contributed by atoms with van der Waals surface area (Å²) >= 11 is 13.3. The van der Waals surface area contributed by atoms with Crippen LogP contribution in [0.1, 0.15) is 33.9 Å². The van der Waals surface area contributed by atoms with Crippen LogP contribution in [0.25, 0.3) is 0 Å². The molecule has 0 aliphatic carbocycles. The molecular weight excluding hydrogens is 287 g/mol. The Morgan fingerprint density at radius 3 is 2.11 bits per heavy atom. The van der Waals surface area contributed by atoms with Crippen LogP contribution in [-0.4, -0.2) is 5.11 Å². The summed E-state index contributed by atoms with van der Waals surface area (Å²) < 4.78 is 1.14. The molecule has 0 spiro atoms. The summed E-state index contributed by atoms with van der Waals surface area (Å²) in [7, 11) is 0. The van der Waals surface area contributed by atoms with E-state index in [0.29, 0.717) is 14.2 Å². The Bertz CT molecular complexity index is 590. The molecule has 2 rings (SSSR count). The molecule has 1 unspecified atom stereocenters. The Hall–Kier alpha value is -0.540. The van der Waals surface area contributed by atoms with Crippen LogP contribution in [0.15, 0.2) is 18.2 Å². The van der Waals surface area contributed by atoms with E-state index in [9.17, 15) is 5.11 Å². The van der Waals surface area contributed by atoms with Crippen molar-refractivity contribution in [3.63, 3.8) is 0 Å². The van der Waals surface area contributed by atoms with E-state index >= 15 is 0 Å². The standard InChI is InChI=1S/C14H14Cl2OS/c1-7-4-9(3)10(5-8(7)2)13(17)11-6-12(15)18-14(11)16/h4-6,13,17H,1-3H3. The maximum absolute atomic E-state index is 10.4. The lowest BCUT2D eigenvalue weighted by Gasteiger charge is -2.15. The van der Waals surface area contributed by atoms with Crippen molar-refractivity contribution >= 4 is 34.5 Å². The topological polar surface area (TPSA) is 20.2 Å². The number of halogens is 2. The van der Waals surface area contributed by atoms with Gasteiger partial charge in [-0.05, 0) is 49.1 Å². The first-order valence-electron chi connectivity index (χ1n) is 5.60. The van der Waals surface area contributed by atoms with Gasteiger partial charge in [-0.2, -0.15) is 0 Å². The van der Waals surface area contributed by atoms with Gasteiger partial charge in [0.2, 0.25) is 0 Å². The van der Waals surface area contributed by atoms with Crippen molar-refractivity contribution in [1.29, 1.82) is 0 Å². The van der Waals surface area contributed by atoms with Gasteiger partial charge >= 0.3 is 0 Å². The van der Waals surface area contributed by atoms with Crippen LogP contribution in [0.3, 0.4) is 0 Å². The molecule has 96 valence electrons. The number of rotatable bonds is 2. The van der Waals surface area contributed by atoms with Gasteiger partial charge in [-0.3, -0.25) is 0 Å². The van der Waals surface area contributed by atoms with Gasteiger partial charge in [0, 0.05) is 5.56 Å². The van der Waals surface area contributed by atoms with Crippen LogP contribution in [0.4, 0.5) is 0 Å². The Kier molecular flexibility index (Phi) is 4.02. The van der Waals surface area contributed by atoms with E-state index in [4.69, 9.17) is 23.2 Å². The minimum absolute atomic E-state index is 0.546. The van der Waals surface area contributed by atoms with E-state index in [1.807, 2.05) is 19.9 Å².